The molecule has 0 heterocycles. The topological polar surface area (TPSA) is 50.4 Å². The number of benzene rings is 2. The first kappa shape index (κ1) is 19.0. The Bertz CT molecular complexity index is 671. The van der Waals surface area contributed by atoms with Crippen LogP contribution in [0.25, 0.3) is 0 Å². The third kappa shape index (κ3) is 5.61. The summed E-state index contributed by atoms with van der Waals surface area (Å²) in [5, 5.41) is 6.38. The summed E-state index contributed by atoms with van der Waals surface area (Å²) < 4.78 is 5.32. The van der Waals surface area contributed by atoms with Gasteiger partial charge in [0, 0.05) is 19.6 Å². The number of nitrogens with one attached hydrogen (secondary N) is 2. The molecule has 0 unspecified atom stereocenters. The van der Waals surface area contributed by atoms with E-state index in [0.717, 1.165) is 25.1 Å². The van der Waals surface area contributed by atoms with E-state index >= 15 is 0 Å². The molecule has 0 saturated heterocycles. The summed E-state index contributed by atoms with van der Waals surface area (Å²) in [5.41, 5.74) is 2.98. The molecule has 0 spiro atoms. The lowest BCUT2D eigenvalue weighted by Gasteiger charge is -2.14. The van der Waals surface area contributed by atoms with E-state index in [-0.39, 0.29) is 5.91 Å². The number of amides is 1. The standard InChI is InChI=1S/C21H28N2O2/c1-4-12-23-21(24)19-13-17(10-11-20(19)25-3)15-22-14-16(2)18-8-6-5-7-9-18/h5-11,13,16,22H,4,12,14-15H2,1-3H3,(H,23,24)/t16-/m1/s1. The van der Waals surface area contributed by atoms with Crippen LogP contribution in [0.5, 0.6) is 5.75 Å². The highest BCUT2D eigenvalue weighted by Crippen LogP contribution is 2.20. The molecule has 0 aliphatic carbocycles. The fraction of sp³-hybridized carbons (Fsp3) is 0.381. The van der Waals surface area contributed by atoms with Crippen LogP contribution in [-0.2, 0) is 6.54 Å². The van der Waals surface area contributed by atoms with Gasteiger partial charge >= 0.3 is 0 Å². The van der Waals surface area contributed by atoms with Crippen molar-refractivity contribution < 1.29 is 9.53 Å². The average Bonchev–Trinajstić information content (AvgIpc) is 2.66. The highest BCUT2D eigenvalue weighted by Gasteiger charge is 2.13. The Kier molecular flexibility index (Phi) is 7.48. The molecular weight excluding hydrogens is 312 g/mol. The summed E-state index contributed by atoms with van der Waals surface area (Å²) in [7, 11) is 1.59. The van der Waals surface area contributed by atoms with Gasteiger partial charge in [-0.1, -0.05) is 50.2 Å². The second kappa shape index (κ2) is 9.84. The Morgan fingerprint density at radius 2 is 1.92 bits per heavy atom. The van der Waals surface area contributed by atoms with E-state index < -0.39 is 0 Å². The predicted octanol–water partition coefficient (Wildman–Crippen LogP) is 3.73. The van der Waals surface area contributed by atoms with Crippen LogP contribution in [-0.4, -0.2) is 26.1 Å². The Morgan fingerprint density at radius 3 is 2.60 bits per heavy atom. The predicted molar refractivity (Wildman–Crippen MR) is 102 cm³/mol. The van der Waals surface area contributed by atoms with E-state index in [0.29, 0.717) is 23.8 Å². The van der Waals surface area contributed by atoms with Crippen molar-refractivity contribution in [1.29, 1.82) is 0 Å². The lowest BCUT2D eigenvalue weighted by molar-refractivity contribution is 0.0950. The van der Waals surface area contributed by atoms with Gasteiger partial charge in [0.25, 0.3) is 5.91 Å². The number of carbonyl (C=O) groups excluding carboxylic acids is 1. The monoisotopic (exact) mass is 340 g/mol. The lowest BCUT2D eigenvalue weighted by atomic mass is 10.0. The fourth-order valence-corrected chi connectivity index (χ4v) is 2.71. The maximum Gasteiger partial charge on any atom is 0.255 e. The average molecular weight is 340 g/mol. The molecular formula is C21H28N2O2. The van der Waals surface area contributed by atoms with Gasteiger partial charge in [-0.25, -0.2) is 0 Å². The highest BCUT2D eigenvalue weighted by atomic mass is 16.5. The molecule has 2 aromatic rings. The van der Waals surface area contributed by atoms with Crippen molar-refractivity contribution in [3.63, 3.8) is 0 Å². The van der Waals surface area contributed by atoms with Crippen LogP contribution in [0.3, 0.4) is 0 Å². The van der Waals surface area contributed by atoms with Crippen molar-refractivity contribution in [3.05, 3.63) is 65.2 Å². The van der Waals surface area contributed by atoms with Crippen LogP contribution < -0.4 is 15.4 Å². The van der Waals surface area contributed by atoms with Gasteiger partial charge in [-0.3, -0.25) is 4.79 Å². The van der Waals surface area contributed by atoms with E-state index in [9.17, 15) is 4.79 Å². The second-order valence-electron chi connectivity index (χ2n) is 6.23. The lowest BCUT2D eigenvalue weighted by Crippen LogP contribution is -2.25. The summed E-state index contributed by atoms with van der Waals surface area (Å²) in [6, 6.07) is 16.2. The molecule has 134 valence electrons. The number of hydrogen-bond donors (Lipinski definition) is 2. The quantitative estimate of drug-likeness (QED) is 0.731. The summed E-state index contributed by atoms with van der Waals surface area (Å²) >= 11 is 0. The minimum atomic E-state index is -0.0850. The molecule has 1 atom stereocenters. The summed E-state index contributed by atoms with van der Waals surface area (Å²) in [6.07, 6.45) is 0.909. The number of rotatable bonds is 9. The number of ether oxygens (including phenoxy) is 1. The van der Waals surface area contributed by atoms with Gasteiger partial charge in [-0.05, 0) is 35.6 Å². The molecule has 2 aromatic carbocycles. The zero-order valence-corrected chi connectivity index (χ0v) is 15.3. The van der Waals surface area contributed by atoms with Crippen LogP contribution in [0.2, 0.25) is 0 Å². The highest BCUT2D eigenvalue weighted by molar-refractivity contribution is 5.97. The number of carbonyl (C=O) groups is 1. The van der Waals surface area contributed by atoms with Crippen molar-refractivity contribution in [2.75, 3.05) is 20.2 Å². The van der Waals surface area contributed by atoms with Gasteiger partial charge in [0.1, 0.15) is 5.75 Å². The van der Waals surface area contributed by atoms with Crippen LogP contribution in [0, 0.1) is 0 Å². The first-order chi connectivity index (χ1) is 12.2. The molecule has 0 radical (unpaired) electrons. The van der Waals surface area contributed by atoms with Crippen molar-refractivity contribution >= 4 is 5.91 Å². The molecule has 2 rings (SSSR count). The van der Waals surface area contributed by atoms with Gasteiger partial charge < -0.3 is 15.4 Å². The van der Waals surface area contributed by atoms with Crippen molar-refractivity contribution in [2.45, 2.75) is 32.7 Å². The van der Waals surface area contributed by atoms with Crippen molar-refractivity contribution in [3.8, 4) is 5.75 Å². The van der Waals surface area contributed by atoms with E-state index in [4.69, 9.17) is 4.74 Å². The smallest absolute Gasteiger partial charge is 0.255 e. The zero-order chi connectivity index (χ0) is 18.1. The molecule has 4 heteroatoms. The summed E-state index contributed by atoms with van der Waals surface area (Å²) in [4.78, 5) is 12.3. The van der Waals surface area contributed by atoms with Gasteiger partial charge in [0.2, 0.25) is 0 Å². The fourth-order valence-electron chi connectivity index (χ4n) is 2.71. The first-order valence-corrected chi connectivity index (χ1v) is 8.86. The van der Waals surface area contributed by atoms with Crippen molar-refractivity contribution in [1.82, 2.24) is 10.6 Å². The van der Waals surface area contributed by atoms with Crippen LogP contribution in [0.1, 0.15) is 47.7 Å². The molecule has 2 N–H and O–H groups in total. The largest absolute Gasteiger partial charge is 0.496 e. The third-order valence-corrected chi connectivity index (χ3v) is 4.19. The maximum atomic E-state index is 12.3. The Morgan fingerprint density at radius 1 is 1.16 bits per heavy atom. The molecule has 0 aromatic heterocycles. The van der Waals surface area contributed by atoms with E-state index in [2.05, 4.69) is 41.8 Å². The van der Waals surface area contributed by atoms with Crippen molar-refractivity contribution in [2.24, 2.45) is 0 Å². The molecule has 25 heavy (non-hydrogen) atoms. The third-order valence-electron chi connectivity index (χ3n) is 4.19. The van der Waals surface area contributed by atoms with Gasteiger partial charge in [-0.2, -0.15) is 0 Å². The molecule has 0 aliphatic heterocycles. The Balaban J connectivity index is 1.96. The molecule has 0 aliphatic rings. The molecule has 0 bridgehead atoms. The molecule has 0 saturated carbocycles. The Labute approximate surface area is 150 Å². The van der Waals surface area contributed by atoms with E-state index in [1.807, 2.05) is 31.2 Å². The van der Waals surface area contributed by atoms with Crippen LogP contribution >= 0.6 is 0 Å². The first-order valence-electron chi connectivity index (χ1n) is 8.86. The number of hydrogen-bond acceptors (Lipinski definition) is 3. The van der Waals surface area contributed by atoms with Gasteiger partial charge in [0.15, 0.2) is 0 Å². The SMILES string of the molecule is CCCNC(=O)c1cc(CNC[C@@H](C)c2ccccc2)ccc1OC. The Hall–Kier alpha value is -2.33. The molecule has 4 nitrogen and oxygen atoms in total. The number of methoxy groups -OCH3 is 1. The maximum absolute atomic E-state index is 12.3. The second-order valence-corrected chi connectivity index (χ2v) is 6.23. The minimum absolute atomic E-state index is 0.0850. The van der Waals surface area contributed by atoms with Crippen LogP contribution in [0.4, 0.5) is 0 Å². The zero-order valence-electron chi connectivity index (χ0n) is 15.3. The van der Waals surface area contributed by atoms with E-state index in [1.165, 1.54) is 5.56 Å². The van der Waals surface area contributed by atoms with Crippen LogP contribution in [0.15, 0.2) is 48.5 Å². The summed E-state index contributed by atoms with van der Waals surface area (Å²) in [5.74, 6) is 0.958. The van der Waals surface area contributed by atoms with Gasteiger partial charge in [-0.15, -0.1) is 0 Å². The molecule has 1 amide bonds. The van der Waals surface area contributed by atoms with Gasteiger partial charge in [0.05, 0.1) is 12.7 Å². The molecule has 0 fully saturated rings. The minimum Gasteiger partial charge on any atom is -0.496 e. The summed E-state index contributed by atoms with van der Waals surface area (Å²) in [6.45, 7) is 6.51. The normalized spacial score (nSPS) is 11.8. The van der Waals surface area contributed by atoms with E-state index in [1.54, 1.807) is 7.11 Å².